The van der Waals surface area contributed by atoms with Gasteiger partial charge in [0.25, 0.3) is 0 Å². The maximum absolute atomic E-state index is 10.8. The van der Waals surface area contributed by atoms with Crippen LogP contribution in [0, 0.1) is 0 Å². The molecule has 12 heavy (non-hydrogen) atoms. The summed E-state index contributed by atoms with van der Waals surface area (Å²) in [4.78, 5) is 20.6. The molecule has 0 rings (SSSR count). The van der Waals surface area contributed by atoms with Gasteiger partial charge in [0.15, 0.2) is 0 Å². The normalized spacial score (nSPS) is 10.6. The number of ether oxygens (including phenoxy) is 1. The topological polar surface area (TPSA) is 67.4 Å². The van der Waals surface area contributed by atoms with E-state index in [4.69, 9.17) is 4.74 Å². The van der Waals surface area contributed by atoms with Gasteiger partial charge in [-0.15, -0.1) is 0 Å². The highest BCUT2D eigenvalue weighted by Gasteiger charge is 2.15. The standard InChI is InChI=1S/C7H14N2O3/c1-7(2,3)12-6(11)9-8-4-5-10/h5,8H,4H2,1-3H3,(H,9,11). The van der Waals surface area contributed by atoms with E-state index in [0.717, 1.165) is 0 Å². The molecule has 5 nitrogen and oxygen atoms in total. The molecule has 0 bridgehead atoms. The molecule has 0 heterocycles. The zero-order chi connectivity index (χ0) is 9.61. The Morgan fingerprint density at radius 1 is 1.50 bits per heavy atom. The maximum Gasteiger partial charge on any atom is 0.422 e. The lowest BCUT2D eigenvalue weighted by molar-refractivity contribution is -0.107. The average molecular weight is 174 g/mol. The number of nitrogens with one attached hydrogen (secondary N) is 2. The van der Waals surface area contributed by atoms with Crippen LogP contribution in [0.25, 0.3) is 0 Å². The second-order valence-corrected chi connectivity index (χ2v) is 3.17. The number of carbonyl (C=O) groups excluding carboxylic acids is 2. The first kappa shape index (κ1) is 10.9. The van der Waals surface area contributed by atoms with Gasteiger partial charge in [-0.2, -0.15) is 0 Å². The minimum Gasteiger partial charge on any atom is -0.443 e. The van der Waals surface area contributed by atoms with Crippen LogP contribution in [0.15, 0.2) is 0 Å². The van der Waals surface area contributed by atoms with E-state index in [0.29, 0.717) is 6.29 Å². The monoisotopic (exact) mass is 174 g/mol. The first-order valence-corrected chi connectivity index (χ1v) is 3.61. The van der Waals surface area contributed by atoms with Crippen LogP contribution in [0.5, 0.6) is 0 Å². The van der Waals surface area contributed by atoms with Gasteiger partial charge in [-0.3, -0.25) is 5.43 Å². The Bertz CT molecular complexity index is 163. The fourth-order valence-electron chi connectivity index (χ4n) is 0.468. The van der Waals surface area contributed by atoms with Crippen molar-refractivity contribution in [3.63, 3.8) is 0 Å². The number of aldehydes is 1. The van der Waals surface area contributed by atoms with Crippen LogP contribution in [0.4, 0.5) is 4.79 Å². The summed E-state index contributed by atoms with van der Waals surface area (Å²) in [6.07, 6.45) is 0.0431. The minimum absolute atomic E-state index is 0.0687. The van der Waals surface area contributed by atoms with Crippen LogP contribution in [0.3, 0.4) is 0 Å². The number of amides is 1. The van der Waals surface area contributed by atoms with Crippen molar-refractivity contribution in [3.05, 3.63) is 0 Å². The quantitative estimate of drug-likeness (QED) is 0.365. The number of hydrazine groups is 1. The molecule has 2 N–H and O–H groups in total. The largest absolute Gasteiger partial charge is 0.443 e. The molecular formula is C7H14N2O3. The molecular weight excluding hydrogens is 160 g/mol. The number of carbonyl (C=O) groups is 2. The van der Waals surface area contributed by atoms with Crippen molar-refractivity contribution in [3.8, 4) is 0 Å². The predicted molar refractivity (Wildman–Crippen MR) is 43.4 cm³/mol. The molecule has 0 radical (unpaired) electrons. The fraction of sp³-hybridized carbons (Fsp3) is 0.714. The van der Waals surface area contributed by atoms with Crippen molar-refractivity contribution in [1.29, 1.82) is 0 Å². The smallest absolute Gasteiger partial charge is 0.422 e. The van der Waals surface area contributed by atoms with E-state index in [1.54, 1.807) is 20.8 Å². The van der Waals surface area contributed by atoms with E-state index in [-0.39, 0.29) is 6.54 Å². The molecule has 0 atom stereocenters. The Labute approximate surface area is 71.4 Å². The lowest BCUT2D eigenvalue weighted by atomic mass is 10.2. The predicted octanol–water partition coefficient (Wildman–Crippen LogP) is 0.215. The van der Waals surface area contributed by atoms with Crippen LogP contribution in [0.2, 0.25) is 0 Å². The van der Waals surface area contributed by atoms with Gasteiger partial charge in [0.05, 0.1) is 6.54 Å². The third-order valence-corrected chi connectivity index (χ3v) is 0.775. The summed E-state index contributed by atoms with van der Waals surface area (Å²) in [7, 11) is 0. The highest BCUT2D eigenvalue weighted by atomic mass is 16.6. The fourth-order valence-corrected chi connectivity index (χ4v) is 0.468. The van der Waals surface area contributed by atoms with Gasteiger partial charge in [0.1, 0.15) is 11.9 Å². The molecule has 0 aliphatic rings. The van der Waals surface area contributed by atoms with Gasteiger partial charge in [-0.1, -0.05) is 0 Å². The van der Waals surface area contributed by atoms with Crippen molar-refractivity contribution in [1.82, 2.24) is 10.9 Å². The molecule has 0 saturated heterocycles. The van der Waals surface area contributed by atoms with Crippen molar-refractivity contribution >= 4 is 12.4 Å². The summed E-state index contributed by atoms with van der Waals surface area (Å²) >= 11 is 0. The summed E-state index contributed by atoms with van der Waals surface area (Å²) in [6, 6.07) is 0. The molecule has 0 aliphatic carbocycles. The third-order valence-electron chi connectivity index (χ3n) is 0.775. The molecule has 0 aromatic rings. The number of hydrogen-bond donors (Lipinski definition) is 2. The van der Waals surface area contributed by atoms with E-state index >= 15 is 0 Å². The lowest BCUT2D eigenvalue weighted by Gasteiger charge is -2.19. The average Bonchev–Trinajstić information content (AvgIpc) is 1.84. The Balaban J connectivity index is 3.53. The SMILES string of the molecule is CC(C)(C)OC(=O)NNCC=O. The van der Waals surface area contributed by atoms with E-state index < -0.39 is 11.7 Å². The Morgan fingerprint density at radius 3 is 2.50 bits per heavy atom. The first-order valence-electron chi connectivity index (χ1n) is 3.61. The van der Waals surface area contributed by atoms with Crippen molar-refractivity contribution in [2.75, 3.05) is 6.54 Å². The lowest BCUT2D eigenvalue weighted by Crippen LogP contribution is -2.41. The van der Waals surface area contributed by atoms with Gasteiger partial charge < -0.3 is 9.53 Å². The van der Waals surface area contributed by atoms with Gasteiger partial charge in [0.2, 0.25) is 0 Å². The van der Waals surface area contributed by atoms with Crippen LogP contribution >= 0.6 is 0 Å². The van der Waals surface area contributed by atoms with Gasteiger partial charge in [0, 0.05) is 0 Å². The molecule has 5 heteroatoms. The van der Waals surface area contributed by atoms with Crippen molar-refractivity contribution in [2.45, 2.75) is 26.4 Å². The molecule has 1 amide bonds. The zero-order valence-electron chi connectivity index (χ0n) is 7.51. The summed E-state index contributed by atoms with van der Waals surface area (Å²) in [5.74, 6) is 0. The molecule has 0 aliphatic heterocycles. The van der Waals surface area contributed by atoms with Crippen molar-refractivity contribution in [2.24, 2.45) is 0 Å². The van der Waals surface area contributed by atoms with E-state index in [2.05, 4.69) is 10.9 Å². The highest BCUT2D eigenvalue weighted by molar-refractivity contribution is 5.67. The van der Waals surface area contributed by atoms with Crippen molar-refractivity contribution < 1.29 is 14.3 Å². The molecule has 0 saturated carbocycles. The Kier molecular flexibility index (Phi) is 4.28. The maximum atomic E-state index is 10.8. The van der Waals surface area contributed by atoms with E-state index in [1.165, 1.54) is 0 Å². The Morgan fingerprint density at radius 2 is 2.08 bits per heavy atom. The molecule has 0 spiro atoms. The molecule has 0 aromatic heterocycles. The summed E-state index contributed by atoms with van der Waals surface area (Å²) in [5.41, 5.74) is 4.04. The first-order chi connectivity index (χ1) is 5.45. The van der Waals surface area contributed by atoms with E-state index in [1.807, 2.05) is 0 Å². The molecule has 70 valence electrons. The number of hydrogen-bond acceptors (Lipinski definition) is 4. The van der Waals surface area contributed by atoms with Crippen LogP contribution in [-0.2, 0) is 9.53 Å². The van der Waals surface area contributed by atoms with Crippen LogP contribution < -0.4 is 10.9 Å². The molecule has 0 aromatic carbocycles. The Hall–Kier alpha value is -1.10. The molecule has 0 unspecified atom stereocenters. The highest BCUT2D eigenvalue weighted by Crippen LogP contribution is 2.05. The second kappa shape index (κ2) is 4.71. The van der Waals surface area contributed by atoms with Gasteiger partial charge >= 0.3 is 6.09 Å². The van der Waals surface area contributed by atoms with Gasteiger partial charge in [-0.05, 0) is 20.8 Å². The number of rotatable bonds is 3. The third kappa shape index (κ3) is 7.01. The van der Waals surface area contributed by atoms with Crippen LogP contribution in [0.1, 0.15) is 20.8 Å². The minimum atomic E-state index is -0.593. The summed E-state index contributed by atoms with van der Waals surface area (Å²) < 4.78 is 4.86. The van der Waals surface area contributed by atoms with E-state index in [9.17, 15) is 9.59 Å². The van der Waals surface area contributed by atoms with Gasteiger partial charge in [-0.25, -0.2) is 10.2 Å². The van der Waals surface area contributed by atoms with Crippen LogP contribution in [-0.4, -0.2) is 24.5 Å². The molecule has 0 fully saturated rings. The zero-order valence-corrected chi connectivity index (χ0v) is 7.51. The summed E-state index contributed by atoms with van der Waals surface area (Å²) in [5, 5.41) is 0. The summed E-state index contributed by atoms with van der Waals surface area (Å²) in [6.45, 7) is 5.34. The second-order valence-electron chi connectivity index (χ2n) is 3.17.